The van der Waals surface area contributed by atoms with Crippen molar-refractivity contribution in [2.75, 3.05) is 21.3 Å². The van der Waals surface area contributed by atoms with Crippen molar-refractivity contribution < 1.29 is 22.7 Å². The Bertz CT molecular complexity index is 940. The van der Waals surface area contributed by atoms with Gasteiger partial charge in [-0.15, -0.1) is 0 Å². The molecule has 2 aromatic carbocycles. The molecule has 0 fully saturated rings. The van der Waals surface area contributed by atoms with Gasteiger partial charge in [-0.3, -0.25) is 4.79 Å². The van der Waals surface area contributed by atoms with Crippen LogP contribution in [0.5, 0.6) is 11.5 Å². The normalized spacial score (nSPS) is 11.6. The van der Waals surface area contributed by atoms with Gasteiger partial charge >= 0.3 is 0 Å². The minimum absolute atomic E-state index is 0.129. The quantitative estimate of drug-likeness (QED) is 0.674. The van der Waals surface area contributed by atoms with Gasteiger partial charge in [-0.1, -0.05) is 18.2 Å². The molecule has 0 aliphatic heterocycles. The van der Waals surface area contributed by atoms with Crippen LogP contribution in [-0.4, -0.2) is 45.9 Å². The van der Waals surface area contributed by atoms with Gasteiger partial charge in [0.1, 0.15) is 0 Å². The van der Waals surface area contributed by atoms with Crippen LogP contribution in [0.1, 0.15) is 25.0 Å². The van der Waals surface area contributed by atoms with E-state index in [0.29, 0.717) is 18.0 Å². The zero-order valence-electron chi connectivity index (χ0n) is 17.4. The van der Waals surface area contributed by atoms with Crippen LogP contribution in [0.15, 0.2) is 47.4 Å². The van der Waals surface area contributed by atoms with Crippen molar-refractivity contribution in [3.05, 3.63) is 53.6 Å². The molecule has 7 nitrogen and oxygen atoms in total. The molecule has 0 heterocycles. The molecule has 0 aromatic heterocycles. The van der Waals surface area contributed by atoms with Crippen LogP contribution in [-0.2, 0) is 27.8 Å². The summed E-state index contributed by atoms with van der Waals surface area (Å²) < 4.78 is 36.7. The van der Waals surface area contributed by atoms with Crippen LogP contribution >= 0.6 is 0 Å². The second-order valence-electron chi connectivity index (χ2n) is 6.90. The first kappa shape index (κ1) is 22.7. The lowest BCUT2D eigenvalue weighted by atomic mass is 10.1. The fraction of sp³-hybridized carbons (Fsp3) is 0.381. The Labute approximate surface area is 172 Å². The maximum Gasteiger partial charge on any atom is 0.243 e. The molecule has 2 rings (SSSR count). The lowest BCUT2D eigenvalue weighted by Gasteiger charge is -2.21. The predicted octanol–water partition coefficient (Wildman–Crippen LogP) is 2.59. The number of sulfonamides is 1. The smallest absolute Gasteiger partial charge is 0.243 e. The summed E-state index contributed by atoms with van der Waals surface area (Å²) in [5, 5.41) is 2.84. The van der Waals surface area contributed by atoms with Crippen molar-refractivity contribution in [2.24, 2.45) is 0 Å². The van der Waals surface area contributed by atoms with Crippen LogP contribution in [0, 0.1) is 0 Å². The van der Waals surface area contributed by atoms with Gasteiger partial charge in [0.15, 0.2) is 11.5 Å². The van der Waals surface area contributed by atoms with Crippen LogP contribution in [0.2, 0.25) is 0 Å². The Morgan fingerprint density at radius 1 is 1.00 bits per heavy atom. The topological polar surface area (TPSA) is 84.9 Å². The highest BCUT2D eigenvalue weighted by Gasteiger charge is 2.22. The Hall–Kier alpha value is -2.58. The first-order chi connectivity index (χ1) is 13.7. The summed E-state index contributed by atoms with van der Waals surface area (Å²) in [4.78, 5) is 12.5. The molecule has 0 saturated carbocycles. The molecule has 0 unspecified atom stereocenters. The molecule has 0 spiro atoms. The van der Waals surface area contributed by atoms with E-state index in [2.05, 4.69) is 5.32 Å². The Balaban J connectivity index is 1.97. The van der Waals surface area contributed by atoms with E-state index in [0.717, 1.165) is 11.1 Å². The third-order valence-electron chi connectivity index (χ3n) is 4.63. The minimum atomic E-state index is -3.52. The summed E-state index contributed by atoms with van der Waals surface area (Å²) in [7, 11) is 1.15. The zero-order chi connectivity index (χ0) is 21.6. The van der Waals surface area contributed by atoms with Crippen molar-refractivity contribution in [1.82, 2.24) is 9.62 Å². The fourth-order valence-electron chi connectivity index (χ4n) is 2.66. The molecule has 0 bridgehead atoms. The van der Waals surface area contributed by atoms with Crippen molar-refractivity contribution in [3.8, 4) is 11.5 Å². The summed E-state index contributed by atoms with van der Waals surface area (Å²) in [6.45, 7) is 3.95. The highest BCUT2D eigenvalue weighted by atomic mass is 32.2. The molecule has 1 amide bonds. The monoisotopic (exact) mass is 420 g/mol. The SMILES string of the molecule is COc1ccc(CC(=O)NCc2ccc(S(=O)(=O)N(C)C(C)C)cc2)cc1OC. The Morgan fingerprint density at radius 2 is 1.59 bits per heavy atom. The van der Waals surface area contributed by atoms with Gasteiger partial charge in [-0.2, -0.15) is 4.31 Å². The third kappa shape index (κ3) is 5.71. The fourth-order valence-corrected chi connectivity index (χ4v) is 4.03. The summed E-state index contributed by atoms with van der Waals surface area (Å²) in [5.41, 5.74) is 1.62. The number of rotatable bonds is 9. The second kappa shape index (κ2) is 9.76. The summed E-state index contributed by atoms with van der Waals surface area (Å²) in [5.74, 6) is 1.03. The first-order valence-electron chi connectivity index (χ1n) is 9.23. The number of hydrogen-bond acceptors (Lipinski definition) is 5. The number of hydrogen-bond donors (Lipinski definition) is 1. The summed E-state index contributed by atoms with van der Waals surface area (Å²) >= 11 is 0. The molecule has 29 heavy (non-hydrogen) atoms. The van der Waals surface area contributed by atoms with Gasteiger partial charge in [0.2, 0.25) is 15.9 Å². The number of methoxy groups -OCH3 is 2. The molecule has 0 saturated heterocycles. The summed E-state index contributed by atoms with van der Waals surface area (Å²) in [6, 6.07) is 11.7. The van der Waals surface area contributed by atoms with Crippen LogP contribution < -0.4 is 14.8 Å². The molecule has 0 atom stereocenters. The highest BCUT2D eigenvalue weighted by molar-refractivity contribution is 7.89. The van der Waals surface area contributed by atoms with Crippen molar-refractivity contribution in [2.45, 2.75) is 37.8 Å². The second-order valence-corrected chi connectivity index (χ2v) is 8.90. The van der Waals surface area contributed by atoms with Gasteiger partial charge in [0, 0.05) is 19.6 Å². The largest absolute Gasteiger partial charge is 0.493 e. The van der Waals surface area contributed by atoms with Gasteiger partial charge in [-0.25, -0.2) is 8.42 Å². The van der Waals surface area contributed by atoms with E-state index >= 15 is 0 Å². The van der Waals surface area contributed by atoms with Crippen molar-refractivity contribution in [1.29, 1.82) is 0 Å². The van der Waals surface area contributed by atoms with Gasteiger partial charge in [0.05, 0.1) is 25.5 Å². The molecule has 0 radical (unpaired) electrons. The molecule has 8 heteroatoms. The molecule has 0 aliphatic rings. The van der Waals surface area contributed by atoms with Crippen molar-refractivity contribution in [3.63, 3.8) is 0 Å². The van der Waals surface area contributed by atoms with Crippen LogP contribution in [0.3, 0.4) is 0 Å². The highest BCUT2D eigenvalue weighted by Crippen LogP contribution is 2.27. The van der Waals surface area contributed by atoms with E-state index in [1.165, 1.54) is 4.31 Å². The average molecular weight is 421 g/mol. The van der Waals surface area contributed by atoms with E-state index in [1.807, 2.05) is 19.9 Å². The number of ether oxygens (including phenoxy) is 2. The molecular weight excluding hydrogens is 392 g/mol. The predicted molar refractivity (Wildman–Crippen MR) is 112 cm³/mol. The number of carbonyl (C=O) groups excluding carboxylic acids is 1. The number of benzene rings is 2. The summed E-state index contributed by atoms with van der Waals surface area (Å²) in [6.07, 6.45) is 0.200. The molecule has 158 valence electrons. The number of nitrogens with one attached hydrogen (secondary N) is 1. The van der Waals surface area contributed by atoms with E-state index in [9.17, 15) is 13.2 Å². The number of carbonyl (C=O) groups is 1. The average Bonchev–Trinajstić information content (AvgIpc) is 2.71. The molecule has 0 aliphatic carbocycles. The van der Waals surface area contributed by atoms with Crippen LogP contribution in [0.4, 0.5) is 0 Å². The molecule has 1 N–H and O–H groups in total. The Kier molecular flexibility index (Phi) is 7.64. The number of amides is 1. The van der Waals surface area contributed by atoms with Gasteiger partial charge in [-0.05, 0) is 49.2 Å². The lowest BCUT2D eigenvalue weighted by Crippen LogP contribution is -2.33. The molecule has 2 aromatic rings. The van der Waals surface area contributed by atoms with E-state index in [-0.39, 0.29) is 23.3 Å². The van der Waals surface area contributed by atoms with Crippen molar-refractivity contribution >= 4 is 15.9 Å². The number of nitrogens with zero attached hydrogens (tertiary/aromatic N) is 1. The third-order valence-corrected chi connectivity index (χ3v) is 6.68. The lowest BCUT2D eigenvalue weighted by molar-refractivity contribution is -0.120. The van der Waals surface area contributed by atoms with Gasteiger partial charge < -0.3 is 14.8 Å². The maximum atomic E-state index is 12.5. The Morgan fingerprint density at radius 3 is 2.14 bits per heavy atom. The standard InChI is InChI=1S/C21H28N2O5S/c1-15(2)23(3)29(25,26)18-9-6-16(7-10-18)14-22-21(24)13-17-8-11-19(27-4)20(12-17)28-5/h6-12,15H,13-14H2,1-5H3,(H,22,24). The van der Waals surface area contributed by atoms with Crippen LogP contribution in [0.25, 0.3) is 0 Å². The van der Waals surface area contributed by atoms with E-state index < -0.39 is 10.0 Å². The van der Waals surface area contributed by atoms with E-state index in [4.69, 9.17) is 9.47 Å². The first-order valence-corrected chi connectivity index (χ1v) is 10.7. The van der Waals surface area contributed by atoms with Gasteiger partial charge in [0.25, 0.3) is 0 Å². The van der Waals surface area contributed by atoms with E-state index in [1.54, 1.807) is 57.7 Å². The molecular formula is C21H28N2O5S. The minimum Gasteiger partial charge on any atom is -0.493 e. The maximum absolute atomic E-state index is 12.5. The zero-order valence-corrected chi connectivity index (χ0v) is 18.2.